The number of alkyl halides is 1. The van der Waals surface area contributed by atoms with Crippen molar-refractivity contribution >= 4 is 51.2 Å². The van der Waals surface area contributed by atoms with Gasteiger partial charge in [0.05, 0.1) is 0 Å². The van der Waals surface area contributed by atoms with E-state index in [2.05, 4.69) is 35.9 Å². The summed E-state index contributed by atoms with van der Waals surface area (Å²) in [4.78, 5) is 37.3. The number of hydrogen-bond donors (Lipinski definition) is 3. The molecule has 94 valence electrons. The van der Waals surface area contributed by atoms with Crippen LogP contribution < -0.4 is 10.5 Å². The van der Waals surface area contributed by atoms with E-state index in [-0.39, 0.29) is 27.8 Å². The first-order chi connectivity index (χ1) is 8.54. The predicted molar refractivity (Wildman–Crippen MR) is 71.6 cm³/mol. The summed E-state index contributed by atoms with van der Waals surface area (Å²) >= 11 is 8.28. The maximum absolute atomic E-state index is 11.8. The Bertz CT molecular complexity index is 747. The number of rotatable bonds is 1. The summed E-state index contributed by atoms with van der Waals surface area (Å²) in [5.41, 5.74) is 0.281. The van der Waals surface area contributed by atoms with Crippen molar-refractivity contribution in [2.24, 2.45) is 0 Å². The van der Waals surface area contributed by atoms with Gasteiger partial charge in [-0.2, -0.15) is 4.98 Å². The van der Waals surface area contributed by atoms with Crippen LogP contribution in [0.25, 0.3) is 11.2 Å². The van der Waals surface area contributed by atoms with Gasteiger partial charge in [-0.25, -0.2) is 0 Å². The van der Waals surface area contributed by atoms with Crippen molar-refractivity contribution in [1.82, 2.24) is 19.9 Å². The van der Waals surface area contributed by atoms with Crippen LogP contribution in [0.4, 0.5) is 5.95 Å². The zero-order valence-corrected chi connectivity index (χ0v) is 11.4. The molecule has 1 fully saturated rings. The number of hydrogen-bond acceptors (Lipinski definition) is 4. The van der Waals surface area contributed by atoms with E-state index in [4.69, 9.17) is 12.2 Å². The van der Waals surface area contributed by atoms with E-state index >= 15 is 0 Å². The Morgan fingerprint density at radius 1 is 1.33 bits per heavy atom. The zero-order chi connectivity index (χ0) is 12.9. The van der Waals surface area contributed by atoms with Crippen LogP contribution >= 0.6 is 28.1 Å². The Morgan fingerprint density at radius 2 is 2.11 bits per heavy atom. The van der Waals surface area contributed by atoms with Crippen LogP contribution in [-0.2, 0) is 4.79 Å². The van der Waals surface area contributed by atoms with Crippen LogP contribution in [0.1, 0.15) is 6.42 Å². The molecule has 0 radical (unpaired) electrons. The molecule has 1 atom stereocenters. The lowest BCUT2D eigenvalue weighted by molar-refractivity contribution is -0.117. The van der Waals surface area contributed by atoms with Crippen molar-refractivity contribution in [3.05, 3.63) is 15.1 Å². The van der Waals surface area contributed by atoms with Crippen molar-refractivity contribution in [2.45, 2.75) is 11.2 Å². The lowest BCUT2D eigenvalue weighted by Gasteiger charge is -2.13. The van der Waals surface area contributed by atoms with E-state index in [9.17, 15) is 9.59 Å². The Labute approximate surface area is 114 Å². The zero-order valence-electron chi connectivity index (χ0n) is 8.99. The van der Waals surface area contributed by atoms with Crippen molar-refractivity contribution in [2.75, 3.05) is 11.4 Å². The standard InChI is InChI=1S/C9H8BrN5O2S/c10-3-1-4(16)15(2-3)8-12-6-5(7(17)14-8)11-9(18)13-6/h3H,1-2H2,(H3,11,12,13,14,17,18). The fraction of sp³-hybridized carbons (Fsp3) is 0.333. The second-order valence-electron chi connectivity index (χ2n) is 4.00. The largest absolute Gasteiger partial charge is 0.325 e. The van der Waals surface area contributed by atoms with E-state index in [1.807, 2.05) is 0 Å². The molecule has 7 nitrogen and oxygen atoms in total. The van der Waals surface area contributed by atoms with Gasteiger partial charge in [0.2, 0.25) is 11.9 Å². The minimum Gasteiger partial charge on any atom is -0.325 e. The molecule has 0 spiro atoms. The number of imidazole rings is 1. The highest BCUT2D eigenvalue weighted by molar-refractivity contribution is 9.09. The first-order valence-corrected chi connectivity index (χ1v) is 6.54. The van der Waals surface area contributed by atoms with E-state index < -0.39 is 0 Å². The molecule has 0 saturated carbocycles. The fourth-order valence-corrected chi connectivity index (χ4v) is 2.68. The van der Waals surface area contributed by atoms with E-state index in [0.717, 1.165) is 0 Å². The van der Waals surface area contributed by atoms with Crippen molar-refractivity contribution in [3.8, 4) is 0 Å². The molecule has 0 aromatic carbocycles. The Hall–Kier alpha value is -1.48. The Balaban J connectivity index is 2.16. The SMILES string of the molecule is O=C1CC(Br)CN1c1nc2[nH]c(=S)[nH]c2c(=O)[nH]1. The molecule has 1 aliphatic heterocycles. The third-order valence-electron chi connectivity index (χ3n) is 2.71. The van der Waals surface area contributed by atoms with Gasteiger partial charge in [0.1, 0.15) is 5.52 Å². The van der Waals surface area contributed by atoms with E-state index in [0.29, 0.717) is 23.4 Å². The van der Waals surface area contributed by atoms with Gasteiger partial charge < -0.3 is 9.97 Å². The smallest absolute Gasteiger partial charge is 0.278 e. The number of amides is 1. The third-order valence-corrected chi connectivity index (χ3v) is 3.53. The van der Waals surface area contributed by atoms with Crippen LogP contribution in [0, 0.1) is 4.77 Å². The molecule has 2 aromatic rings. The maximum atomic E-state index is 11.8. The number of aromatic amines is 3. The molecular weight excluding hydrogens is 322 g/mol. The van der Waals surface area contributed by atoms with Gasteiger partial charge in [-0.1, -0.05) is 15.9 Å². The van der Waals surface area contributed by atoms with Crippen molar-refractivity contribution in [3.63, 3.8) is 0 Å². The van der Waals surface area contributed by atoms with E-state index in [1.54, 1.807) is 0 Å². The Morgan fingerprint density at radius 3 is 2.78 bits per heavy atom. The van der Waals surface area contributed by atoms with Crippen molar-refractivity contribution < 1.29 is 4.79 Å². The van der Waals surface area contributed by atoms with Gasteiger partial charge in [-0.3, -0.25) is 19.5 Å². The second-order valence-corrected chi connectivity index (χ2v) is 5.70. The van der Waals surface area contributed by atoms with Crippen LogP contribution in [0.5, 0.6) is 0 Å². The van der Waals surface area contributed by atoms with Crippen LogP contribution in [-0.4, -0.2) is 37.2 Å². The minimum atomic E-state index is -0.354. The molecule has 1 unspecified atom stereocenters. The highest BCUT2D eigenvalue weighted by Gasteiger charge is 2.30. The summed E-state index contributed by atoms with van der Waals surface area (Å²) in [7, 11) is 0. The lowest BCUT2D eigenvalue weighted by atomic mass is 10.4. The first kappa shape index (κ1) is 11.6. The lowest BCUT2D eigenvalue weighted by Crippen LogP contribution is -2.29. The minimum absolute atomic E-state index is 0.0755. The number of fused-ring (bicyclic) bond motifs is 1. The second kappa shape index (κ2) is 4.02. The number of carbonyl (C=O) groups excluding carboxylic acids is 1. The molecule has 3 rings (SSSR count). The highest BCUT2D eigenvalue weighted by atomic mass is 79.9. The number of anilines is 1. The number of nitrogens with one attached hydrogen (secondary N) is 3. The summed E-state index contributed by atoms with van der Waals surface area (Å²) < 4.78 is 0.325. The highest BCUT2D eigenvalue weighted by Crippen LogP contribution is 2.22. The summed E-state index contributed by atoms with van der Waals surface area (Å²) in [5.74, 6) is 0.165. The van der Waals surface area contributed by atoms with Crippen LogP contribution in [0.15, 0.2) is 4.79 Å². The maximum Gasteiger partial charge on any atom is 0.278 e. The summed E-state index contributed by atoms with van der Waals surface area (Å²) in [6, 6.07) is 0. The van der Waals surface area contributed by atoms with Gasteiger partial charge in [-0.05, 0) is 12.2 Å². The summed E-state index contributed by atoms with van der Waals surface area (Å²) in [5, 5.41) is 0. The predicted octanol–water partition coefficient (Wildman–Crippen LogP) is 0.809. The number of H-pyrrole nitrogens is 3. The molecule has 3 N–H and O–H groups in total. The third kappa shape index (κ3) is 1.79. The molecule has 1 aliphatic rings. The number of nitrogens with zero attached hydrogens (tertiary/aromatic N) is 2. The number of aromatic nitrogens is 4. The van der Waals surface area contributed by atoms with Gasteiger partial charge in [0.15, 0.2) is 10.4 Å². The summed E-state index contributed by atoms with van der Waals surface area (Å²) in [6.07, 6.45) is 0.394. The summed E-state index contributed by atoms with van der Waals surface area (Å²) in [6.45, 7) is 0.485. The van der Waals surface area contributed by atoms with Gasteiger partial charge in [0.25, 0.3) is 5.56 Å². The van der Waals surface area contributed by atoms with Gasteiger partial charge >= 0.3 is 0 Å². The van der Waals surface area contributed by atoms with Gasteiger partial charge in [0, 0.05) is 17.8 Å². The van der Waals surface area contributed by atoms with Crippen LogP contribution in [0.2, 0.25) is 0 Å². The monoisotopic (exact) mass is 329 g/mol. The Kier molecular flexibility index (Phi) is 2.59. The topological polar surface area (TPSA) is 97.6 Å². The molecule has 0 aliphatic carbocycles. The molecular formula is C9H8BrN5O2S. The fourth-order valence-electron chi connectivity index (χ4n) is 1.92. The van der Waals surface area contributed by atoms with Crippen molar-refractivity contribution in [1.29, 1.82) is 0 Å². The average Bonchev–Trinajstić information content (AvgIpc) is 2.81. The van der Waals surface area contributed by atoms with Crippen LogP contribution in [0.3, 0.4) is 0 Å². The molecule has 2 aromatic heterocycles. The normalized spacial score (nSPS) is 19.9. The molecule has 9 heteroatoms. The van der Waals surface area contributed by atoms with E-state index in [1.165, 1.54) is 4.90 Å². The molecule has 3 heterocycles. The molecule has 1 saturated heterocycles. The number of carbonyl (C=O) groups is 1. The molecule has 18 heavy (non-hydrogen) atoms. The quantitative estimate of drug-likeness (QED) is 0.532. The first-order valence-electron chi connectivity index (χ1n) is 5.21. The number of halogens is 1. The van der Waals surface area contributed by atoms with Gasteiger partial charge in [-0.15, -0.1) is 0 Å². The molecule has 0 bridgehead atoms. The average molecular weight is 330 g/mol. The molecule has 1 amide bonds.